The molecular formula is C16H20ClN3O. The van der Waals surface area contributed by atoms with Crippen molar-refractivity contribution in [2.24, 2.45) is 0 Å². The molecule has 0 atom stereocenters. The van der Waals surface area contributed by atoms with Crippen molar-refractivity contribution in [3.05, 3.63) is 41.2 Å². The van der Waals surface area contributed by atoms with Gasteiger partial charge in [-0.25, -0.2) is 4.68 Å². The number of hydrogen-bond donors (Lipinski definition) is 1. The van der Waals surface area contributed by atoms with E-state index in [9.17, 15) is 4.79 Å². The van der Waals surface area contributed by atoms with E-state index in [-0.39, 0.29) is 11.8 Å². The van der Waals surface area contributed by atoms with Crippen LogP contribution >= 0.6 is 11.6 Å². The van der Waals surface area contributed by atoms with Gasteiger partial charge in [0.1, 0.15) is 0 Å². The minimum atomic E-state index is 0.0186. The standard InChI is InChI=1S/C16H20ClN3O/c1-4-6-15(21)19-14-10-18-20(16(14)11(2)3)13-8-5-7-12(17)9-13/h5,7-11H,4,6H2,1-3H3,(H,19,21). The van der Waals surface area contributed by atoms with Crippen LogP contribution in [0.4, 0.5) is 5.69 Å². The Kier molecular flexibility index (Phi) is 5.02. The maximum atomic E-state index is 11.8. The van der Waals surface area contributed by atoms with Gasteiger partial charge in [-0.3, -0.25) is 4.79 Å². The molecule has 0 radical (unpaired) electrons. The van der Waals surface area contributed by atoms with Crippen LogP contribution in [-0.2, 0) is 4.79 Å². The number of benzene rings is 1. The van der Waals surface area contributed by atoms with E-state index in [2.05, 4.69) is 24.3 Å². The van der Waals surface area contributed by atoms with Gasteiger partial charge in [0.15, 0.2) is 0 Å². The Morgan fingerprint density at radius 3 is 2.81 bits per heavy atom. The van der Waals surface area contributed by atoms with Crippen molar-refractivity contribution in [3.8, 4) is 5.69 Å². The number of amides is 1. The van der Waals surface area contributed by atoms with E-state index in [1.54, 1.807) is 6.20 Å². The smallest absolute Gasteiger partial charge is 0.224 e. The molecule has 1 aromatic carbocycles. The first-order chi connectivity index (χ1) is 10.0. The number of nitrogens with one attached hydrogen (secondary N) is 1. The highest BCUT2D eigenvalue weighted by atomic mass is 35.5. The fourth-order valence-electron chi connectivity index (χ4n) is 2.26. The summed E-state index contributed by atoms with van der Waals surface area (Å²) >= 11 is 6.05. The molecule has 2 aromatic rings. The Morgan fingerprint density at radius 2 is 2.19 bits per heavy atom. The van der Waals surface area contributed by atoms with Gasteiger partial charge < -0.3 is 5.32 Å². The summed E-state index contributed by atoms with van der Waals surface area (Å²) in [5.41, 5.74) is 2.63. The summed E-state index contributed by atoms with van der Waals surface area (Å²) in [6, 6.07) is 7.52. The molecule has 1 N–H and O–H groups in total. The first-order valence-electron chi connectivity index (χ1n) is 7.16. The molecule has 4 nitrogen and oxygen atoms in total. The Balaban J connectivity index is 2.39. The Hall–Kier alpha value is -1.81. The first-order valence-corrected chi connectivity index (χ1v) is 7.54. The first kappa shape index (κ1) is 15.6. The number of aromatic nitrogens is 2. The second kappa shape index (κ2) is 6.76. The summed E-state index contributed by atoms with van der Waals surface area (Å²) in [5.74, 6) is 0.244. The molecule has 0 aliphatic rings. The van der Waals surface area contributed by atoms with Crippen LogP contribution < -0.4 is 5.32 Å². The van der Waals surface area contributed by atoms with Gasteiger partial charge in [0, 0.05) is 11.4 Å². The third-order valence-electron chi connectivity index (χ3n) is 3.16. The van der Waals surface area contributed by atoms with E-state index in [0.29, 0.717) is 11.4 Å². The quantitative estimate of drug-likeness (QED) is 0.890. The van der Waals surface area contributed by atoms with Crippen LogP contribution in [0, 0.1) is 0 Å². The minimum Gasteiger partial charge on any atom is -0.323 e. The highest BCUT2D eigenvalue weighted by molar-refractivity contribution is 6.30. The van der Waals surface area contributed by atoms with Gasteiger partial charge in [-0.15, -0.1) is 0 Å². The molecule has 0 saturated carbocycles. The van der Waals surface area contributed by atoms with Crippen molar-refractivity contribution in [2.75, 3.05) is 5.32 Å². The van der Waals surface area contributed by atoms with Gasteiger partial charge >= 0.3 is 0 Å². The second-order valence-corrected chi connectivity index (χ2v) is 5.72. The number of rotatable bonds is 5. The van der Waals surface area contributed by atoms with Crippen LogP contribution in [0.5, 0.6) is 0 Å². The average Bonchev–Trinajstić information content (AvgIpc) is 2.82. The van der Waals surface area contributed by atoms with Crippen LogP contribution in [0.15, 0.2) is 30.5 Å². The molecule has 2 rings (SSSR count). The number of carbonyl (C=O) groups excluding carboxylic acids is 1. The molecule has 1 aromatic heterocycles. The van der Waals surface area contributed by atoms with E-state index in [0.717, 1.165) is 23.5 Å². The van der Waals surface area contributed by atoms with Crippen molar-refractivity contribution in [2.45, 2.75) is 39.5 Å². The molecule has 1 heterocycles. The van der Waals surface area contributed by atoms with E-state index in [1.165, 1.54) is 0 Å². The molecule has 0 saturated heterocycles. The zero-order valence-corrected chi connectivity index (χ0v) is 13.3. The van der Waals surface area contributed by atoms with Crippen molar-refractivity contribution < 1.29 is 4.79 Å². The number of anilines is 1. The maximum Gasteiger partial charge on any atom is 0.224 e. The molecule has 1 amide bonds. The maximum absolute atomic E-state index is 11.8. The second-order valence-electron chi connectivity index (χ2n) is 5.29. The molecule has 0 bridgehead atoms. The number of hydrogen-bond acceptors (Lipinski definition) is 2. The largest absolute Gasteiger partial charge is 0.323 e. The van der Waals surface area contributed by atoms with Crippen LogP contribution in [-0.4, -0.2) is 15.7 Å². The summed E-state index contributed by atoms with van der Waals surface area (Å²) < 4.78 is 1.83. The average molecular weight is 306 g/mol. The lowest BCUT2D eigenvalue weighted by atomic mass is 10.1. The lowest BCUT2D eigenvalue weighted by molar-refractivity contribution is -0.116. The molecule has 21 heavy (non-hydrogen) atoms. The van der Waals surface area contributed by atoms with E-state index in [4.69, 9.17) is 11.6 Å². The monoisotopic (exact) mass is 305 g/mol. The fraction of sp³-hybridized carbons (Fsp3) is 0.375. The Labute approximate surface area is 130 Å². The third-order valence-corrected chi connectivity index (χ3v) is 3.39. The number of halogens is 1. The summed E-state index contributed by atoms with van der Waals surface area (Å²) in [7, 11) is 0. The zero-order valence-electron chi connectivity index (χ0n) is 12.6. The van der Waals surface area contributed by atoms with Gasteiger partial charge in [0.2, 0.25) is 5.91 Å². The zero-order chi connectivity index (χ0) is 15.4. The highest BCUT2D eigenvalue weighted by Gasteiger charge is 2.17. The van der Waals surface area contributed by atoms with E-state index in [1.807, 2.05) is 35.9 Å². The molecule has 0 aliphatic heterocycles. The predicted octanol–water partition coefficient (Wildman–Crippen LogP) is 4.39. The minimum absolute atomic E-state index is 0.0186. The van der Waals surface area contributed by atoms with Crippen LogP contribution in [0.2, 0.25) is 5.02 Å². The topological polar surface area (TPSA) is 46.9 Å². The molecule has 0 aliphatic carbocycles. The highest BCUT2D eigenvalue weighted by Crippen LogP contribution is 2.27. The molecule has 0 spiro atoms. The lowest BCUT2D eigenvalue weighted by Gasteiger charge is -2.13. The molecule has 112 valence electrons. The third kappa shape index (κ3) is 3.64. The molecule has 5 heteroatoms. The normalized spacial score (nSPS) is 10.9. The fourth-order valence-corrected chi connectivity index (χ4v) is 2.45. The Morgan fingerprint density at radius 1 is 1.43 bits per heavy atom. The molecule has 0 unspecified atom stereocenters. The van der Waals surface area contributed by atoms with Crippen LogP contribution in [0.25, 0.3) is 5.69 Å². The summed E-state index contributed by atoms with van der Waals surface area (Å²) in [4.78, 5) is 11.8. The van der Waals surface area contributed by atoms with Crippen molar-refractivity contribution in [1.29, 1.82) is 0 Å². The predicted molar refractivity (Wildman–Crippen MR) is 86.2 cm³/mol. The van der Waals surface area contributed by atoms with Crippen LogP contribution in [0.1, 0.15) is 45.2 Å². The van der Waals surface area contributed by atoms with E-state index < -0.39 is 0 Å². The number of carbonyl (C=O) groups is 1. The van der Waals surface area contributed by atoms with Gasteiger partial charge in [0.05, 0.1) is 23.3 Å². The van der Waals surface area contributed by atoms with Gasteiger partial charge in [-0.05, 0) is 30.5 Å². The van der Waals surface area contributed by atoms with Gasteiger partial charge in [-0.2, -0.15) is 5.10 Å². The summed E-state index contributed by atoms with van der Waals surface area (Å²) in [5, 5.41) is 8.01. The van der Waals surface area contributed by atoms with Crippen molar-refractivity contribution in [1.82, 2.24) is 9.78 Å². The van der Waals surface area contributed by atoms with Crippen molar-refractivity contribution >= 4 is 23.2 Å². The molecular weight excluding hydrogens is 286 g/mol. The summed E-state index contributed by atoms with van der Waals surface area (Å²) in [6.07, 6.45) is 3.04. The lowest BCUT2D eigenvalue weighted by Crippen LogP contribution is -2.13. The number of nitrogens with zero attached hydrogens (tertiary/aromatic N) is 2. The van der Waals surface area contributed by atoms with Crippen molar-refractivity contribution in [3.63, 3.8) is 0 Å². The van der Waals surface area contributed by atoms with E-state index >= 15 is 0 Å². The van der Waals surface area contributed by atoms with Crippen LogP contribution in [0.3, 0.4) is 0 Å². The van der Waals surface area contributed by atoms with Gasteiger partial charge in [0.25, 0.3) is 0 Å². The Bertz CT molecular complexity index is 634. The van der Waals surface area contributed by atoms with Gasteiger partial charge in [-0.1, -0.05) is 38.4 Å². The summed E-state index contributed by atoms with van der Waals surface area (Å²) in [6.45, 7) is 6.14. The SMILES string of the molecule is CCCC(=O)Nc1cnn(-c2cccc(Cl)c2)c1C(C)C. The molecule has 0 fully saturated rings.